The fourth-order valence-electron chi connectivity index (χ4n) is 0.984. The molecule has 0 aliphatic carbocycles. The van der Waals surface area contributed by atoms with E-state index >= 15 is 0 Å². The van der Waals surface area contributed by atoms with E-state index in [-0.39, 0.29) is 12.0 Å². The van der Waals surface area contributed by atoms with Gasteiger partial charge in [0.1, 0.15) is 6.04 Å². The molecule has 4 nitrogen and oxygen atoms in total. The van der Waals surface area contributed by atoms with Crippen molar-refractivity contribution in [3.8, 4) is 6.07 Å². The monoisotopic (exact) mass is 216 g/mol. The van der Waals surface area contributed by atoms with Crippen LogP contribution in [0.1, 0.15) is 12.8 Å². The van der Waals surface area contributed by atoms with E-state index < -0.39 is 0 Å². The first-order chi connectivity index (χ1) is 6.76. The Morgan fingerprint density at radius 3 is 2.93 bits per heavy atom. The number of nitriles is 1. The van der Waals surface area contributed by atoms with Crippen molar-refractivity contribution in [3.63, 3.8) is 0 Å². The van der Waals surface area contributed by atoms with Crippen LogP contribution in [0, 0.1) is 11.3 Å². The Hall–Kier alpha value is -0.730. The van der Waals surface area contributed by atoms with Gasteiger partial charge in [0.25, 0.3) is 0 Å². The van der Waals surface area contributed by atoms with Gasteiger partial charge in [-0.3, -0.25) is 4.79 Å². The largest absolute Gasteiger partial charge is 0.468 e. The van der Waals surface area contributed by atoms with Crippen molar-refractivity contribution >= 4 is 17.7 Å². The van der Waals surface area contributed by atoms with Gasteiger partial charge in [-0.05, 0) is 18.4 Å². The maximum atomic E-state index is 11.2. The van der Waals surface area contributed by atoms with Crippen molar-refractivity contribution in [3.05, 3.63) is 0 Å². The Balaban J connectivity index is 3.85. The summed E-state index contributed by atoms with van der Waals surface area (Å²) in [5, 5.41) is 11.3. The van der Waals surface area contributed by atoms with E-state index in [4.69, 9.17) is 5.26 Å². The average Bonchev–Trinajstić information content (AvgIpc) is 2.22. The fraction of sp³-hybridized carbons (Fsp3) is 0.778. The summed E-state index contributed by atoms with van der Waals surface area (Å²) in [5.74, 6) is 0.649. The summed E-state index contributed by atoms with van der Waals surface area (Å²) < 4.78 is 4.65. The Morgan fingerprint density at radius 1 is 1.71 bits per heavy atom. The molecule has 0 saturated carbocycles. The molecule has 0 aliphatic rings. The second-order valence-corrected chi connectivity index (χ2v) is 3.71. The standard InChI is InChI=1S/C9H16N2O2S/c1-13-9(12)8(4-7-14-2)11-6-3-5-10/h8,11H,3-4,6-7H2,1-2H3/t8-/m0/s1. The summed E-state index contributed by atoms with van der Waals surface area (Å²) in [5.41, 5.74) is 0. The molecule has 0 spiro atoms. The Bertz CT molecular complexity index is 203. The van der Waals surface area contributed by atoms with Crippen LogP contribution in [-0.2, 0) is 9.53 Å². The molecule has 0 fully saturated rings. The topological polar surface area (TPSA) is 62.1 Å². The van der Waals surface area contributed by atoms with Crippen LogP contribution in [-0.4, -0.2) is 37.7 Å². The van der Waals surface area contributed by atoms with Gasteiger partial charge >= 0.3 is 5.97 Å². The zero-order valence-electron chi connectivity index (χ0n) is 8.58. The Kier molecular flexibility index (Phi) is 8.39. The number of hydrogen-bond donors (Lipinski definition) is 1. The molecule has 0 aliphatic heterocycles. The third-order valence-corrected chi connectivity index (χ3v) is 2.37. The van der Waals surface area contributed by atoms with Crippen LogP contribution in [0.2, 0.25) is 0 Å². The highest BCUT2D eigenvalue weighted by Gasteiger charge is 2.17. The number of rotatable bonds is 7. The molecule has 5 heteroatoms. The van der Waals surface area contributed by atoms with E-state index in [2.05, 4.69) is 10.1 Å². The zero-order valence-corrected chi connectivity index (χ0v) is 9.39. The molecule has 0 amide bonds. The van der Waals surface area contributed by atoms with Gasteiger partial charge in [-0.2, -0.15) is 17.0 Å². The van der Waals surface area contributed by atoms with Gasteiger partial charge in [-0.15, -0.1) is 0 Å². The highest BCUT2D eigenvalue weighted by Crippen LogP contribution is 2.02. The van der Waals surface area contributed by atoms with Crippen LogP contribution in [0.4, 0.5) is 0 Å². The zero-order chi connectivity index (χ0) is 10.8. The quantitative estimate of drug-likeness (QED) is 0.503. The summed E-state index contributed by atoms with van der Waals surface area (Å²) >= 11 is 1.68. The van der Waals surface area contributed by atoms with Crippen LogP contribution in [0.5, 0.6) is 0 Å². The lowest BCUT2D eigenvalue weighted by molar-refractivity contribution is -0.143. The predicted molar refractivity (Wildman–Crippen MR) is 57.0 cm³/mol. The van der Waals surface area contributed by atoms with E-state index in [1.165, 1.54) is 7.11 Å². The molecular formula is C9H16N2O2S. The van der Waals surface area contributed by atoms with E-state index in [1.807, 2.05) is 12.3 Å². The second kappa shape index (κ2) is 8.85. The molecule has 0 heterocycles. The molecular weight excluding hydrogens is 200 g/mol. The van der Waals surface area contributed by atoms with Gasteiger partial charge in [0.05, 0.1) is 13.2 Å². The van der Waals surface area contributed by atoms with Crippen LogP contribution in [0.3, 0.4) is 0 Å². The SMILES string of the molecule is COC(=O)[C@H](CCSC)NCCC#N. The number of carbonyl (C=O) groups is 1. The number of hydrogen-bond acceptors (Lipinski definition) is 5. The van der Waals surface area contributed by atoms with Gasteiger partial charge in [-0.1, -0.05) is 0 Å². The molecule has 1 N–H and O–H groups in total. The lowest BCUT2D eigenvalue weighted by atomic mass is 10.2. The first-order valence-electron chi connectivity index (χ1n) is 4.43. The van der Waals surface area contributed by atoms with Crippen LogP contribution in [0.15, 0.2) is 0 Å². The summed E-state index contributed by atoms with van der Waals surface area (Å²) in [7, 11) is 1.38. The maximum absolute atomic E-state index is 11.2. The number of methoxy groups -OCH3 is 1. The molecule has 0 aromatic heterocycles. The Morgan fingerprint density at radius 2 is 2.43 bits per heavy atom. The summed E-state index contributed by atoms with van der Waals surface area (Å²) in [6.07, 6.45) is 3.13. The van der Waals surface area contributed by atoms with Gasteiger partial charge in [-0.25, -0.2) is 0 Å². The molecule has 0 unspecified atom stereocenters. The van der Waals surface area contributed by atoms with Crippen LogP contribution < -0.4 is 5.32 Å². The average molecular weight is 216 g/mol. The summed E-state index contributed by atoms with van der Waals surface area (Å²) in [6, 6.07) is 1.74. The Labute approximate surface area is 89.0 Å². The van der Waals surface area contributed by atoms with Crippen molar-refractivity contribution in [1.29, 1.82) is 5.26 Å². The van der Waals surface area contributed by atoms with E-state index in [0.29, 0.717) is 13.0 Å². The lowest BCUT2D eigenvalue weighted by Gasteiger charge is -2.14. The molecule has 0 aromatic carbocycles. The van der Waals surface area contributed by atoms with Gasteiger partial charge in [0.2, 0.25) is 0 Å². The molecule has 1 atom stereocenters. The minimum Gasteiger partial charge on any atom is -0.468 e. The number of nitrogens with zero attached hydrogens (tertiary/aromatic N) is 1. The minimum absolute atomic E-state index is 0.253. The maximum Gasteiger partial charge on any atom is 0.322 e. The van der Waals surface area contributed by atoms with Crippen molar-refractivity contribution in [2.24, 2.45) is 0 Å². The molecule has 14 heavy (non-hydrogen) atoms. The van der Waals surface area contributed by atoms with Crippen molar-refractivity contribution in [2.45, 2.75) is 18.9 Å². The number of nitrogens with one attached hydrogen (secondary N) is 1. The van der Waals surface area contributed by atoms with Crippen molar-refractivity contribution < 1.29 is 9.53 Å². The van der Waals surface area contributed by atoms with Gasteiger partial charge < -0.3 is 10.1 Å². The first-order valence-corrected chi connectivity index (χ1v) is 5.82. The molecule has 0 aromatic rings. The highest BCUT2D eigenvalue weighted by atomic mass is 32.2. The fourth-order valence-corrected chi connectivity index (χ4v) is 1.45. The van der Waals surface area contributed by atoms with Crippen molar-refractivity contribution in [2.75, 3.05) is 25.7 Å². The smallest absolute Gasteiger partial charge is 0.322 e. The van der Waals surface area contributed by atoms with E-state index in [0.717, 1.165) is 12.2 Å². The first kappa shape index (κ1) is 13.3. The minimum atomic E-state index is -0.277. The molecule has 0 bridgehead atoms. The van der Waals surface area contributed by atoms with Crippen molar-refractivity contribution in [1.82, 2.24) is 5.32 Å². The third kappa shape index (κ3) is 5.84. The van der Waals surface area contributed by atoms with Crippen LogP contribution in [0.25, 0.3) is 0 Å². The normalized spacial score (nSPS) is 11.8. The molecule has 0 saturated heterocycles. The summed E-state index contributed by atoms with van der Waals surface area (Å²) in [4.78, 5) is 11.2. The molecule has 0 rings (SSSR count). The van der Waals surface area contributed by atoms with E-state index in [1.54, 1.807) is 11.8 Å². The van der Waals surface area contributed by atoms with Crippen LogP contribution >= 0.6 is 11.8 Å². The molecule has 80 valence electrons. The number of esters is 1. The number of carbonyl (C=O) groups excluding carboxylic acids is 1. The lowest BCUT2D eigenvalue weighted by Crippen LogP contribution is -2.38. The van der Waals surface area contributed by atoms with Gasteiger partial charge in [0, 0.05) is 13.0 Å². The number of thioether (sulfide) groups is 1. The third-order valence-electron chi connectivity index (χ3n) is 1.72. The molecule has 0 radical (unpaired) electrons. The number of ether oxygens (including phenoxy) is 1. The van der Waals surface area contributed by atoms with E-state index in [9.17, 15) is 4.79 Å². The highest BCUT2D eigenvalue weighted by molar-refractivity contribution is 7.98. The summed E-state index contributed by atoms with van der Waals surface area (Å²) in [6.45, 7) is 0.532. The predicted octanol–water partition coefficient (Wildman–Crippen LogP) is 0.784. The second-order valence-electron chi connectivity index (χ2n) is 2.72. The van der Waals surface area contributed by atoms with Gasteiger partial charge in [0.15, 0.2) is 0 Å².